The molecule has 110 valence electrons. The summed E-state index contributed by atoms with van der Waals surface area (Å²) in [7, 11) is 0. The van der Waals surface area contributed by atoms with Gasteiger partial charge in [0.1, 0.15) is 30.4 Å². The van der Waals surface area contributed by atoms with Gasteiger partial charge in [-0.25, -0.2) is 9.37 Å². The van der Waals surface area contributed by atoms with Crippen LogP contribution in [0.15, 0.2) is 42.7 Å². The first-order valence-corrected chi connectivity index (χ1v) is 6.51. The third-order valence-electron chi connectivity index (χ3n) is 2.68. The van der Waals surface area contributed by atoms with E-state index in [0.717, 1.165) is 0 Å². The number of pyridine rings is 2. The highest BCUT2D eigenvalue weighted by atomic mass is 19.1. The molecule has 0 radical (unpaired) electrons. The maximum absolute atomic E-state index is 12.0. The predicted molar refractivity (Wildman–Crippen MR) is 75.6 cm³/mol. The van der Waals surface area contributed by atoms with Crippen molar-refractivity contribution in [3.8, 4) is 28.8 Å². The standard InChI is InChI=1S/C14H11FN6O/c15-6-8-22-10-4-5-12(17-9-10)14-20-18-13(19-21-14)11-3-1-2-7-16-11/h1-5,7,9H,6,8H2. The molecule has 0 bridgehead atoms. The minimum absolute atomic E-state index is 0.000585. The zero-order valence-corrected chi connectivity index (χ0v) is 11.4. The number of alkyl halides is 1. The summed E-state index contributed by atoms with van der Waals surface area (Å²) < 4.78 is 17.1. The maximum atomic E-state index is 12.0. The molecule has 0 fully saturated rings. The Morgan fingerprint density at radius 3 is 2.14 bits per heavy atom. The molecule has 0 saturated heterocycles. The lowest BCUT2D eigenvalue weighted by molar-refractivity contribution is 0.272. The third kappa shape index (κ3) is 3.17. The predicted octanol–water partition coefficient (Wildman–Crippen LogP) is 1.74. The van der Waals surface area contributed by atoms with Gasteiger partial charge >= 0.3 is 0 Å². The van der Waals surface area contributed by atoms with Gasteiger partial charge in [0.25, 0.3) is 0 Å². The molecule has 0 unspecified atom stereocenters. The van der Waals surface area contributed by atoms with Gasteiger partial charge in [-0.1, -0.05) is 6.07 Å². The molecular weight excluding hydrogens is 287 g/mol. The second-order valence-corrected chi connectivity index (χ2v) is 4.18. The van der Waals surface area contributed by atoms with Gasteiger partial charge in [-0.15, -0.1) is 20.4 Å². The van der Waals surface area contributed by atoms with Gasteiger partial charge in [-0.2, -0.15) is 0 Å². The molecule has 0 atom stereocenters. The molecule has 7 nitrogen and oxygen atoms in total. The van der Waals surface area contributed by atoms with E-state index in [2.05, 4.69) is 30.4 Å². The fourth-order valence-electron chi connectivity index (χ4n) is 1.68. The SMILES string of the molecule is FCCOc1ccc(-c2nnc(-c3ccccn3)nn2)nc1. The molecule has 0 aromatic carbocycles. The maximum Gasteiger partial charge on any atom is 0.221 e. The zero-order valence-electron chi connectivity index (χ0n) is 11.4. The van der Waals surface area contributed by atoms with Crippen LogP contribution < -0.4 is 4.74 Å². The summed E-state index contributed by atoms with van der Waals surface area (Å²) in [4.78, 5) is 8.26. The van der Waals surface area contributed by atoms with E-state index in [-0.39, 0.29) is 12.4 Å². The number of hydrogen-bond donors (Lipinski definition) is 0. The Hall–Kier alpha value is -3.03. The van der Waals surface area contributed by atoms with E-state index in [1.54, 1.807) is 30.5 Å². The highest BCUT2D eigenvalue weighted by Crippen LogP contribution is 2.16. The van der Waals surface area contributed by atoms with Gasteiger partial charge in [0.2, 0.25) is 11.6 Å². The molecule has 0 amide bonds. The van der Waals surface area contributed by atoms with Crippen molar-refractivity contribution in [3.05, 3.63) is 42.7 Å². The molecule has 0 aliphatic rings. The summed E-state index contributed by atoms with van der Waals surface area (Å²) in [6.07, 6.45) is 3.12. The Bertz CT molecular complexity index is 721. The fraction of sp³-hybridized carbons (Fsp3) is 0.143. The Morgan fingerprint density at radius 1 is 0.864 bits per heavy atom. The topological polar surface area (TPSA) is 86.6 Å². The first kappa shape index (κ1) is 13.9. The van der Waals surface area contributed by atoms with Crippen molar-refractivity contribution in [3.63, 3.8) is 0 Å². The molecule has 8 heteroatoms. The van der Waals surface area contributed by atoms with E-state index in [0.29, 0.717) is 23.0 Å². The molecule has 0 spiro atoms. The fourth-order valence-corrected chi connectivity index (χ4v) is 1.68. The first-order chi connectivity index (χ1) is 10.9. The van der Waals surface area contributed by atoms with E-state index in [4.69, 9.17) is 4.74 Å². The average molecular weight is 298 g/mol. The van der Waals surface area contributed by atoms with E-state index in [9.17, 15) is 4.39 Å². The first-order valence-electron chi connectivity index (χ1n) is 6.51. The molecule has 0 aliphatic carbocycles. The summed E-state index contributed by atoms with van der Waals surface area (Å²) in [6, 6.07) is 8.72. The van der Waals surface area contributed by atoms with Crippen molar-refractivity contribution in [2.75, 3.05) is 13.3 Å². The number of ether oxygens (including phenoxy) is 1. The van der Waals surface area contributed by atoms with Gasteiger partial charge in [-0.3, -0.25) is 4.98 Å². The van der Waals surface area contributed by atoms with Gasteiger partial charge in [-0.05, 0) is 24.3 Å². The van der Waals surface area contributed by atoms with Crippen LogP contribution in [0.3, 0.4) is 0 Å². The highest BCUT2D eigenvalue weighted by molar-refractivity contribution is 5.51. The normalized spacial score (nSPS) is 10.4. The number of nitrogens with zero attached hydrogens (tertiary/aromatic N) is 6. The van der Waals surface area contributed by atoms with Crippen LogP contribution in [-0.4, -0.2) is 43.6 Å². The average Bonchev–Trinajstić information content (AvgIpc) is 2.61. The van der Waals surface area contributed by atoms with Crippen LogP contribution in [0.5, 0.6) is 5.75 Å². The van der Waals surface area contributed by atoms with Crippen LogP contribution >= 0.6 is 0 Å². The number of halogens is 1. The number of aromatic nitrogens is 6. The number of hydrogen-bond acceptors (Lipinski definition) is 7. The van der Waals surface area contributed by atoms with Crippen LogP contribution in [-0.2, 0) is 0 Å². The van der Waals surface area contributed by atoms with Crippen molar-refractivity contribution >= 4 is 0 Å². The van der Waals surface area contributed by atoms with Crippen molar-refractivity contribution in [1.82, 2.24) is 30.4 Å². The van der Waals surface area contributed by atoms with Crippen LogP contribution in [0.4, 0.5) is 4.39 Å². The Balaban J connectivity index is 1.78. The molecule has 3 heterocycles. The van der Waals surface area contributed by atoms with Crippen LogP contribution in [0, 0.1) is 0 Å². The minimum atomic E-state index is -0.548. The summed E-state index contributed by atoms with van der Waals surface area (Å²) >= 11 is 0. The molecule has 22 heavy (non-hydrogen) atoms. The smallest absolute Gasteiger partial charge is 0.221 e. The van der Waals surface area contributed by atoms with Gasteiger partial charge in [0.05, 0.1) is 6.20 Å². The van der Waals surface area contributed by atoms with Gasteiger partial charge < -0.3 is 4.74 Å². The van der Waals surface area contributed by atoms with Gasteiger partial charge in [0, 0.05) is 6.20 Å². The quantitative estimate of drug-likeness (QED) is 0.709. The van der Waals surface area contributed by atoms with E-state index in [1.165, 1.54) is 6.20 Å². The minimum Gasteiger partial charge on any atom is -0.489 e. The lowest BCUT2D eigenvalue weighted by Gasteiger charge is -2.03. The van der Waals surface area contributed by atoms with Crippen molar-refractivity contribution in [1.29, 1.82) is 0 Å². The molecule has 0 N–H and O–H groups in total. The van der Waals surface area contributed by atoms with Crippen LogP contribution in [0.25, 0.3) is 23.0 Å². The van der Waals surface area contributed by atoms with E-state index < -0.39 is 6.67 Å². The number of rotatable bonds is 5. The molecule has 3 aromatic heterocycles. The highest BCUT2D eigenvalue weighted by Gasteiger charge is 2.08. The van der Waals surface area contributed by atoms with Crippen molar-refractivity contribution in [2.45, 2.75) is 0 Å². The van der Waals surface area contributed by atoms with Crippen LogP contribution in [0.2, 0.25) is 0 Å². The molecule has 0 aliphatic heterocycles. The molecule has 3 rings (SSSR count). The zero-order chi connectivity index (χ0) is 15.2. The lowest BCUT2D eigenvalue weighted by atomic mass is 10.3. The second kappa shape index (κ2) is 6.61. The largest absolute Gasteiger partial charge is 0.489 e. The summed E-state index contributed by atoms with van der Waals surface area (Å²) in [5, 5.41) is 16.0. The summed E-state index contributed by atoms with van der Waals surface area (Å²) in [6.45, 7) is -0.549. The van der Waals surface area contributed by atoms with Crippen molar-refractivity contribution in [2.24, 2.45) is 0 Å². The second-order valence-electron chi connectivity index (χ2n) is 4.18. The Kier molecular flexibility index (Phi) is 4.19. The monoisotopic (exact) mass is 298 g/mol. The molecular formula is C14H11FN6O. The molecule has 0 saturated carbocycles. The Labute approximate surface area is 125 Å². The van der Waals surface area contributed by atoms with E-state index >= 15 is 0 Å². The summed E-state index contributed by atoms with van der Waals surface area (Å²) in [5.41, 5.74) is 1.09. The van der Waals surface area contributed by atoms with Crippen molar-refractivity contribution < 1.29 is 9.13 Å². The van der Waals surface area contributed by atoms with Gasteiger partial charge in [0.15, 0.2) is 0 Å². The Morgan fingerprint density at radius 2 is 1.59 bits per heavy atom. The van der Waals surface area contributed by atoms with E-state index in [1.807, 2.05) is 6.07 Å². The third-order valence-corrected chi connectivity index (χ3v) is 2.68. The molecule has 3 aromatic rings. The lowest BCUT2D eigenvalue weighted by Crippen LogP contribution is -2.02. The summed E-state index contributed by atoms with van der Waals surface area (Å²) in [5.74, 6) is 1.11. The van der Waals surface area contributed by atoms with Crippen LogP contribution in [0.1, 0.15) is 0 Å².